The molecule has 0 aromatic carbocycles. The normalized spacial score (nSPS) is 15.1. The fourth-order valence-electron chi connectivity index (χ4n) is 0.768. The van der Waals surface area contributed by atoms with Crippen LogP contribution in [0, 0.1) is 0 Å². The predicted octanol–water partition coefficient (Wildman–Crippen LogP) is 0.310. The third-order valence-electron chi connectivity index (χ3n) is 2.39. The van der Waals surface area contributed by atoms with Crippen LogP contribution in [0.2, 0.25) is 0 Å². The van der Waals surface area contributed by atoms with Crippen molar-refractivity contribution in [2.45, 2.75) is 45.3 Å². The molecule has 0 spiro atoms. The fraction of sp³-hybridized carbons (Fsp3) is 0.800. The average molecular weight is 232 g/mol. The summed E-state index contributed by atoms with van der Waals surface area (Å²) in [4.78, 5) is 21.9. The SMILES string of the molecule is CCC(C)(C)NC(=O)NCC(C)(O)C(=O)O. The molecular formula is C10H20N2O4. The van der Waals surface area contributed by atoms with Crippen LogP contribution in [0.3, 0.4) is 0 Å². The summed E-state index contributed by atoms with van der Waals surface area (Å²) >= 11 is 0. The largest absolute Gasteiger partial charge is 0.479 e. The Morgan fingerprint density at radius 1 is 1.25 bits per heavy atom. The maximum Gasteiger partial charge on any atom is 0.337 e. The Balaban J connectivity index is 4.14. The van der Waals surface area contributed by atoms with Gasteiger partial charge in [-0.05, 0) is 27.2 Å². The van der Waals surface area contributed by atoms with Crippen LogP contribution in [0.1, 0.15) is 34.1 Å². The van der Waals surface area contributed by atoms with Gasteiger partial charge in [-0.25, -0.2) is 9.59 Å². The van der Waals surface area contributed by atoms with Gasteiger partial charge in [0.1, 0.15) is 0 Å². The molecule has 1 atom stereocenters. The summed E-state index contributed by atoms with van der Waals surface area (Å²) in [6.07, 6.45) is 0.746. The molecule has 0 aliphatic rings. The van der Waals surface area contributed by atoms with Crippen molar-refractivity contribution in [3.8, 4) is 0 Å². The van der Waals surface area contributed by atoms with E-state index in [4.69, 9.17) is 5.11 Å². The summed E-state index contributed by atoms with van der Waals surface area (Å²) in [6.45, 7) is 6.41. The molecule has 0 aromatic rings. The van der Waals surface area contributed by atoms with E-state index in [2.05, 4.69) is 10.6 Å². The van der Waals surface area contributed by atoms with Crippen molar-refractivity contribution >= 4 is 12.0 Å². The molecule has 0 rings (SSSR count). The van der Waals surface area contributed by atoms with Gasteiger partial charge in [0.15, 0.2) is 5.60 Å². The van der Waals surface area contributed by atoms with Crippen LogP contribution in [-0.2, 0) is 4.79 Å². The summed E-state index contributed by atoms with van der Waals surface area (Å²) < 4.78 is 0. The Hall–Kier alpha value is -1.30. The van der Waals surface area contributed by atoms with Crippen molar-refractivity contribution in [2.75, 3.05) is 6.54 Å². The highest BCUT2D eigenvalue weighted by molar-refractivity contribution is 5.79. The molecule has 4 N–H and O–H groups in total. The van der Waals surface area contributed by atoms with Gasteiger partial charge >= 0.3 is 12.0 Å². The van der Waals surface area contributed by atoms with E-state index in [1.807, 2.05) is 20.8 Å². The van der Waals surface area contributed by atoms with E-state index in [-0.39, 0.29) is 12.1 Å². The van der Waals surface area contributed by atoms with Crippen LogP contribution in [0.4, 0.5) is 4.79 Å². The molecular weight excluding hydrogens is 212 g/mol. The van der Waals surface area contributed by atoms with Gasteiger partial charge in [0.2, 0.25) is 0 Å². The summed E-state index contributed by atoms with van der Waals surface area (Å²) in [5.74, 6) is -1.37. The van der Waals surface area contributed by atoms with Crippen LogP contribution < -0.4 is 10.6 Å². The topological polar surface area (TPSA) is 98.7 Å². The van der Waals surface area contributed by atoms with E-state index >= 15 is 0 Å². The molecule has 2 amide bonds. The summed E-state index contributed by atoms with van der Waals surface area (Å²) in [5, 5.41) is 22.9. The summed E-state index contributed by atoms with van der Waals surface area (Å²) in [5.41, 5.74) is -2.31. The van der Waals surface area contributed by atoms with Crippen molar-refractivity contribution in [2.24, 2.45) is 0 Å². The van der Waals surface area contributed by atoms with E-state index in [0.717, 1.165) is 13.3 Å². The maximum absolute atomic E-state index is 11.4. The second-order valence-corrected chi connectivity index (χ2v) is 4.62. The minimum atomic E-state index is -1.95. The fourth-order valence-corrected chi connectivity index (χ4v) is 0.768. The first kappa shape index (κ1) is 14.7. The predicted molar refractivity (Wildman–Crippen MR) is 59.2 cm³/mol. The van der Waals surface area contributed by atoms with E-state index in [1.54, 1.807) is 0 Å². The molecule has 0 aliphatic heterocycles. The van der Waals surface area contributed by atoms with E-state index in [0.29, 0.717) is 0 Å². The zero-order chi connectivity index (χ0) is 13.0. The number of amides is 2. The molecule has 0 radical (unpaired) electrons. The lowest BCUT2D eigenvalue weighted by Gasteiger charge is -2.26. The first-order chi connectivity index (χ1) is 7.10. The quantitative estimate of drug-likeness (QED) is 0.548. The average Bonchev–Trinajstić information content (AvgIpc) is 2.14. The second kappa shape index (κ2) is 5.16. The maximum atomic E-state index is 11.4. The van der Waals surface area contributed by atoms with Crippen molar-refractivity contribution in [3.63, 3.8) is 0 Å². The lowest BCUT2D eigenvalue weighted by Crippen LogP contribution is -2.53. The van der Waals surface area contributed by atoms with E-state index < -0.39 is 17.6 Å². The lowest BCUT2D eigenvalue weighted by atomic mass is 10.0. The number of nitrogens with one attached hydrogen (secondary N) is 2. The number of hydrogen-bond acceptors (Lipinski definition) is 3. The first-order valence-electron chi connectivity index (χ1n) is 5.12. The highest BCUT2D eigenvalue weighted by Gasteiger charge is 2.30. The Bertz CT molecular complexity index is 274. The van der Waals surface area contributed by atoms with Crippen LogP contribution in [0.5, 0.6) is 0 Å². The molecule has 0 aromatic heterocycles. The highest BCUT2D eigenvalue weighted by Crippen LogP contribution is 2.06. The van der Waals surface area contributed by atoms with Gasteiger partial charge in [0, 0.05) is 5.54 Å². The lowest BCUT2D eigenvalue weighted by molar-refractivity contribution is -0.155. The summed E-state index contributed by atoms with van der Waals surface area (Å²) in [6, 6.07) is -0.492. The molecule has 0 bridgehead atoms. The molecule has 16 heavy (non-hydrogen) atoms. The standard InChI is InChI=1S/C10H20N2O4/c1-5-9(2,3)12-8(15)11-6-10(4,16)7(13)14/h16H,5-6H2,1-4H3,(H,13,14)(H2,11,12,15). The minimum absolute atomic E-state index is 0.339. The molecule has 0 heterocycles. The molecule has 0 aliphatic carbocycles. The minimum Gasteiger partial charge on any atom is -0.479 e. The first-order valence-corrected chi connectivity index (χ1v) is 5.12. The number of carbonyl (C=O) groups is 2. The smallest absolute Gasteiger partial charge is 0.337 e. The van der Waals surface area contributed by atoms with Gasteiger partial charge < -0.3 is 20.8 Å². The Kier molecular flexibility index (Phi) is 4.74. The van der Waals surface area contributed by atoms with Crippen LogP contribution in [-0.4, -0.2) is 39.9 Å². The molecule has 6 heteroatoms. The van der Waals surface area contributed by atoms with Gasteiger partial charge in [-0.1, -0.05) is 6.92 Å². The Morgan fingerprint density at radius 3 is 2.12 bits per heavy atom. The third kappa shape index (κ3) is 4.97. The molecule has 6 nitrogen and oxygen atoms in total. The van der Waals surface area contributed by atoms with Crippen molar-refractivity contribution in [1.82, 2.24) is 10.6 Å². The number of aliphatic carboxylic acids is 1. The van der Waals surface area contributed by atoms with Gasteiger partial charge in [-0.3, -0.25) is 0 Å². The number of rotatable bonds is 5. The molecule has 94 valence electrons. The number of carboxylic acid groups (broad SMARTS) is 1. The summed E-state index contributed by atoms with van der Waals surface area (Å²) in [7, 11) is 0. The Labute approximate surface area is 95.0 Å². The molecule has 0 saturated carbocycles. The van der Waals surface area contributed by atoms with Gasteiger partial charge in [-0.2, -0.15) is 0 Å². The van der Waals surface area contributed by atoms with Crippen molar-refractivity contribution in [1.29, 1.82) is 0 Å². The number of hydrogen-bond donors (Lipinski definition) is 4. The molecule has 0 fully saturated rings. The Morgan fingerprint density at radius 2 is 1.75 bits per heavy atom. The van der Waals surface area contributed by atoms with Gasteiger partial charge in [0.25, 0.3) is 0 Å². The van der Waals surface area contributed by atoms with Crippen LogP contribution in [0.25, 0.3) is 0 Å². The monoisotopic (exact) mass is 232 g/mol. The number of urea groups is 1. The molecule has 0 saturated heterocycles. The highest BCUT2D eigenvalue weighted by atomic mass is 16.4. The third-order valence-corrected chi connectivity index (χ3v) is 2.39. The zero-order valence-electron chi connectivity index (χ0n) is 10.1. The van der Waals surface area contributed by atoms with Crippen LogP contribution in [0.15, 0.2) is 0 Å². The van der Waals surface area contributed by atoms with Crippen molar-refractivity contribution < 1.29 is 19.8 Å². The van der Waals surface area contributed by atoms with Crippen LogP contribution >= 0.6 is 0 Å². The van der Waals surface area contributed by atoms with E-state index in [1.165, 1.54) is 0 Å². The second-order valence-electron chi connectivity index (χ2n) is 4.62. The van der Waals surface area contributed by atoms with Gasteiger partial charge in [-0.15, -0.1) is 0 Å². The van der Waals surface area contributed by atoms with E-state index in [9.17, 15) is 14.7 Å². The molecule has 1 unspecified atom stereocenters. The van der Waals surface area contributed by atoms with Crippen molar-refractivity contribution in [3.05, 3.63) is 0 Å². The number of carboxylic acids is 1. The number of carbonyl (C=O) groups excluding carboxylic acids is 1. The van der Waals surface area contributed by atoms with Gasteiger partial charge in [0.05, 0.1) is 6.54 Å². The number of aliphatic hydroxyl groups is 1. The zero-order valence-corrected chi connectivity index (χ0v) is 10.1.